The molecule has 0 N–H and O–H groups in total. The standard InChI is InChI=1S/C37H28S2/c1-37(2,35-29(31-13-7-19-38-31)21-25-17-15-23-9-3-5-11-27(23)33(25)35)36-30(32-14-8-20-39-32)22-26-18-16-24-10-4-6-12-28(24)34(26)36/h3-20H,21-22H2,1-2H3. The fourth-order valence-electron chi connectivity index (χ4n) is 7.20. The molecule has 2 aliphatic rings. The highest BCUT2D eigenvalue weighted by Gasteiger charge is 2.42. The van der Waals surface area contributed by atoms with Crippen molar-refractivity contribution >= 4 is 66.5 Å². The summed E-state index contributed by atoms with van der Waals surface area (Å²) in [5.74, 6) is 0. The van der Waals surface area contributed by atoms with E-state index in [1.54, 1.807) is 0 Å². The summed E-state index contributed by atoms with van der Waals surface area (Å²) >= 11 is 3.75. The minimum atomic E-state index is -0.205. The predicted molar refractivity (Wildman–Crippen MR) is 171 cm³/mol. The highest BCUT2D eigenvalue weighted by Crippen LogP contribution is 2.60. The summed E-state index contributed by atoms with van der Waals surface area (Å²) in [5.41, 5.74) is 11.6. The van der Waals surface area contributed by atoms with Crippen molar-refractivity contribution in [2.24, 2.45) is 5.41 Å². The van der Waals surface area contributed by atoms with Crippen molar-refractivity contribution in [2.75, 3.05) is 0 Å². The molecule has 0 radical (unpaired) electrons. The summed E-state index contributed by atoms with van der Waals surface area (Å²) in [4.78, 5) is 2.79. The Kier molecular flexibility index (Phi) is 5.14. The van der Waals surface area contributed by atoms with Gasteiger partial charge in [0.05, 0.1) is 0 Å². The van der Waals surface area contributed by atoms with Gasteiger partial charge in [0.15, 0.2) is 0 Å². The second-order valence-corrected chi connectivity index (χ2v) is 13.2. The predicted octanol–water partition coefficient (Wildman–Crippen LogP) is 10.8. The third-order valence-electron chi connectivity index (χ3n) is 8.76. The van der Waals surface area contributed by atoms with Gasteiger partial charge >= 0.3 is 0 Å². The van der Waals surface area contributed by atoms with Gasteiger partial charge in [0.1, 0.15) is 0 Å². The first-order chi connectivity index (χ1) is 19.1. The maximum Gasteiger partial charge on any atom is 0.0308 e. The van der Waals surface area contributed by atoms with Crippen LogP contribution in [0.4, 0.5) is 0 Å². The number of hydrogen-bond acceptors (Lipinski definition) is 2. The van der Waals surface area contributed by atoms with Gasteiger partial charge in [-0.2, -0.15) is 0 Å². The molecule has 2 aliphatic carbocycles. The minimum Gasteiger partial charge on any atom is -0.144 e. The van der Waals surface area contributed by atoms with Crippen LogP contribution in [0.15, 0.2) is 108 Å². The summed E-state index contributed by atoms with van der Waals surface area (Å²) < 4.78 is 0. The maximum absolute atomic E-state index is 2.49. The summed E-state index contributed by atoms with van der Waals surface area (Å²) in [7, 11) is 0. The van der Waals surface area contributed by atoms with E-state index in [1.807, 2.05) is 22.7 Å². The van der Waals surface area contributed by atoms with Crippen LogP contribution >= 0.6 is 22.7 Å². The molecular formula is C37H28S2. The number of allylic oxidation sites excluding steroid dienone is 4. The minimum absolute atomic E-state index is 0.205. The summed E-state index contributed by atoms with van der Waals surface area (Å²) in [5, 5.41) is 9.84. The molecule has 188 valence electrons. The van der Waals surface area contributed by atoms with Gasteiger partial charge in [0.25, 0.3) is 0 Å². The molecule has 0 amide bonds. The molecule has 0 unspecified atom stereocenters. The lowest BCUT2D eigenvalue weighted by molar-refractivity contribution is 0.680. The Morgan fingerprint density at radius 2 is 0.974 bits per heavy atom. The molecule has 0 bridgehead atoms. The van der Waals surface area contributed by atoms with E-state index in [4.69, 9.17) is 0 Å². The van der Waals surface area contributed by atoms with Crippen LogP contribution in [0.5, 0.6) is 0 Å². The number of rotatable bonds is 4. The molecule has 0 fully saturated rings. The average Bonchev–Trinajstić information content (AvgIpc) is 3.77. The van der Waals surface area contributed by atoms with Crippen molar-refractivity contribution in [1.82, 2.24) is 0 Å². The van der Waals surface area contributed by atoms with Crippen molar-refractivity contribution in [3.8, 4) is 0 Å². The van der Waals surface area contributed by atoms with E-state index in [9.17, 15) is 0 Å². The van der Waals surface area contributed by atoms with E-state index in [0.717, 1.165) is 12.8 Å². The number of hydrogen-bond donors (Lipinski definition) is 0. The van der Waals surface area contributed by atoms with Gasteiger partial charge in [-0.05, 0) is 102 Å². The Bertz CT molecular complexity index is 1820. The monoisotopic (exact) mass is 536 g/mol. The number of benzene rings is 4. The van der Waals surface area contributed by atoms with Crippen molar-refractivity contribution in [3.05, 3.63) is 140 Å². The van der Waals surface area contributed by atoms with Crippen LogP contribution in [0.25, 0.3) is 43.8 Å². The lowest BCUT2D eigenvalue weighted by Gasteiger charge is -2.33. The van der Waals surface area contributed by atoms with Crippen LogP contribution in [-0.4, -0.2) is 0 Å². The zero-order valence-electron chi connectivity index (χ0n) is 22.1. The van der Waals surface area contributed by atoms with E-state index in [0.29, 0.717) is 0 Å². The van der Waals surface area contributed by atoms with Gasteiger partial charge in [-0.25, -0.2) is 0 Å². The molecule has 0 spiro atoms. The Labute approximate surface area is 237 Å². The summed E-state index contributed by atoms with van der Waals surface area (Å²) in [6, 6.07) is 36.3. The average molecular weight is 537 g/mol. The van der Waals surface area contributed by atoms with E-state index in [2.05, 4.69) is 122 Å². The van der Waals surface area contributed by atoms with E-state index < -0.39 is 0 Å². The Morgan fingerprint density at radius 1 is 0.513 bits per heavy atom. The van der Waals surface area contributed by atoms with Gasteiger partial charge in [-0.3, -0.25) is 0 Å². The fourth-order valence-corrected chi connectivity index (χ4v) is 8.76. The molecule has 0 saturated carbocycles. The first-order valence-electron chi connectivity index (χ1n) is 13.7. The quantitative estimate of drug-likeness (QED) is 0.210. The molecular weight excluding hydrogens is 509 g/mol. The molecule has 8 rings (SSSR count). The van der Waals surface area contributed by atoms with Crippen molar-refractivity contribution in [1.29, 1.82) is 0 Å². The van der Waals surface area contributed by atoms with Crippen LogP contribution in [0.2, 0.25) is 0 Å². The smallest absolute Gasteiger partial charge is 0.0308 e. The zero-order chi connectivity index (χ0) is 26.1. The van der Waals surface area contributed by atoms with Crippen molar-refractivity contribution in [3.63, 3.8) is 0 Å². The molecule has 2 heteroatoms. The van der Waals surface area contributed by atoms with Crippen LogP contribution in [0.3, 0.4) is 0 Å². The molecule has 0 nitrogen and oxygen atoms in total. The highest BCUT2D eigenvalue weighted by atomic mass is 32.1. The van der Waals surface area contributed by atoms with E-state index in [-0.39, 0.29) is 5.41 Å². The summed E-state index contributed by atoms with van der Waals surface area (Å²) in [6.07, 6.45) is 1.98. The second kappa shape index (κ2) is 8.64. The SMILES string of the molecule is CC(C)(C1=C(c2cccs2)Cc2ccc3ccccc3c21)C1=C(c2cccs2)Cc2ccc3ccccc3c21. The van der Waals surface area contributed by atoms with E-state index >= 15 is 0 Å². The Balaban J connectivity index is 1.48. The first kappa shape index (κ1) is 23.2. The van der Waals surface area contributed by atoms with Gasteiger partial charge < -0.3 is 0 Å². The molecule has 39 heavy (non-hydrogen) atoms. The first-order valence-corrected chi connectivity index (χ1v) is 15.4. The van der Waals surface area contributed by atoms with Crippen LogP contribution < -0.4 is 0 Å². The second-order valence-electron chi connectivity index (χ2n) is 11.3. The lowest BCUT2D eigenvalue weighted by Crippen LogP contribution is -2.17. The van der Waals surface area contributed by atoms with Crippen molar-refractivity contribution in [2.45, 2.75) is 26.7 Å². The van der Waals surface area contributed by atoms with Gasteiger partial charge in [-0.15, -0.1) is 22.7 Å². The largest absolute Gasteiger partial charge is 0.144 e. The molecule has 0 aliphatic heterocycles. The third kappa shape index (κ3) is 3.41. The van der Waals surface area contributed by atoms with Crippen molar-refractivity contribution < 1.29 is 0 Å². The highest BCUT2D eigenvalue weighted by molar-refractivity contribution is 7.11. The van der Waals surface area contributed by atoms with Crippen LogP contribution in [0.1, 0.15) is 45.9 Å². The van der Waals surface area contributed by atoms with Gasteiger partial charge in [0.2, 0.25) is 0 Å². The van der Waals surface area contributed by atoms with Gasteiger partial charge in [0, 0.05) is 15.2 Å². The van der Waals surface area contributed by atoms with E-state index in [1.165, 1.54) is 75.8 Å². The lowest BCUT2D eigenvalue weighted by atomic mass is 9.70. The number of thiophene rings is 2. The molecule has 0 saturated heterocycles. The zero-order valence-corrected chi connectivity index (χ0v) is 23.8. The molecule has 6 aromatic rings. The molecule has 0 atom stereocenters. The number of fused-ring (bicyclic) bond motifs is 6. The van der Waals surface area contributed by atoms with Crippen LogP contribution in [-0.2, 0) is 12.8 Å². The molecule has 4 aromatic carbocycles. The van der Waals surface area contributed by atoms with Gasteiger partial charge in [-0.1, -0.05) is 98.8 Å². The Morgan fingerprint density at radius 3 is 1.41 bits per heavy atom. The maximum atomic E-state index is 2.49. The third-order valence-corrected chi connectivity index (χ3v) is 10.6. The normalized spacial score (nSPS) is 15.0. The molecule has 2 heterocycles. The van der Waals surface area contributed by atoms with Crippen LogP contribution in [0, 0.1) is 5.41 Å². The Hall–Kier alpha value is -3.72. The molecule has 2 aromatic heterocycles. The summed E-state index contributed by atoms with van der Waals surface area (Å²) in [6.45, 7) is 4.99. The fraction of sp³-hybridized carbons (Fsp3) is 0.135. The topological polar surface area (TPSA) is 0 Å².